The SMILES string of the molecule is CC(C)(C)OC(=O)N1CCCC1C1CCN(c2cc(Cl)ccc2CN2CCN(C(=O)OC(C(F)(F)F)C(F)(F)F)CC2)CC1.O=C(OC(C(F)(F)F)C(F)(F)F)N1CCN(Cc2ccc(Cl)cc2N2CCC(C3CCCN3)CC2)CC1. The van der Waals surface area contributed by atoms with Crippen LogP contribution in [0.25, 0.3) is 0 Å². The van der Waals surface area contributed by atoms with Crippen molar-refractivity contribution in [3.8, 4) is 0 Å². The first-order chi connectivity index (χ1) is 37.8. The quantitative estimate of drug-likeness (QED) is 0.181. The van der Waals surface area contributed by atoms with E-state index in [-0.39, 0.29) is 64.5 Å². The van der Waals surface area contributed by atoms with E-state index in [4.69, 9.17) is 27.9 Å². The average Bonchev–Trinajstić information content (AvgIpc) is 4.12. The number of alkyl halides is 12. The molecular formula is C53H70Cl2F12N8O6. The molecule has 2 aromatic carbocycles. The van der Waals surface area contributed by atoms with Gasteiger partial charge in [-0.15, -0.1) is 0 Å². The summed E-state index contributed by atoms with van der Waals surface area (Å²) in [6.45, 7) is 12.5. The molecule has 0 bridgehead atoms. The van der Waals surface area contributed by atoms with Crippen molar-refractivity contribution >= 4 is 52.9 Å². The van der Waals surface area contributed by atoms with E-state index >= 15 is 0 Å². The smallest absolute Gasteiger partial charge is 0.434 e. The lowest BCUT2D eigenvalue weighted by molar-refractivity contribution is -0.309. The van der Waals surface area contributed by atoms with E-state index in [0.717, 1.165) is 104 Å². The molecule has 6 aliphatic rings. The molecule has 2 aromatic rings. The maximum absolute atomic E-state index is 12.8. The van der Waals surface area contributed by atoms with Crippen LogP contribution in [0, 0.1) is 11.8 Å². The topological polar surface area (TPSA) is 114 Å². The molecule has 8 rings (SSSR count). The van der Waals surface area contributed by atoms with Gasteiger partial charge in [-0.2, -0.15) is 52.7 Å². The van der Waals surface area contributed by atoms with E-state index in [1.54, 1.807) is 12.1 Å². The highest BCUT2D eigenvalue weighted by Gasteiger charge is 2.61. The van der Waals surface area contributed by atoms with E-state index < -0.39 is 54.7 Å². The number of nitrogens with one attached hydrogen (secondary N) is 1. The number of hydrogen-bond donors (Lipinski definition) is 1. The molecular weight excluding hydrogens is 1140 g/mol. The molecule has 0 saturated carbocycles. The number of piperidine rings is 2. The normalized spacial score (nSPS) is 21.9. The van der Waals surface area contributed by atoms with Gasteiger partial charge in [0.1, 0.15) is 5.60 Å². The predicted octanol–water partition coefficient (Wildman–Crippen LogP) is 11.8. The number of carbonyl (C=O) groups is 3. The number of anilines is 2. The summed E-state index contributed by atoms with van der Waals surface area (Å²) in [7, 11) is 0. The molecule has 6 heterocycles. The molecule has 456 valence electrons. The number of rotatable bonds is 10. The molecule has 0 aromatic heterocycles. The average molecular weight is 1210 g/mol. The van der Waals surface area contributed by atoms with Crippen LogP contribution in [0.15, 0.2) is 36.4 Å². The third kappa shape index (κ3) is 17.8. The zero-order valence-electron chi connectivity index (χ0n) is 45.3. The van der Waals surface area contributed by atoms with Crippen molar-refractivity contribution in [1.82, 2.24) is 29.8 Å². The van der Waals surface area contributed by atoms with Gasteiger partial charge in [-0.25, -0.2) is 14.4 Å². The fraction of sp³-hybridized carbons (Fsp3) is 0.717. The van der Waals surface area contributed by atoms with Crippen LogP contribution in [0.4, 0.5) is 78.4 Å². The number of halogens is 14. The highest BCUT2D eigenvalue weighted by atomic mass is 35.5. The zero-order chi connectivity index (χ0) is 59.2. The van der Waals surface area contributed by atoms with Crippen molar-refractivity contribution in [1.29, 1.82) is 0 Å². The zero-order valence-corrected chi connectivity index (χ0v) is 46.8. The van der Waals surface area contributed by atoms with E-state index in [9.17, 15) is 67.1 Å². The van der Waals surface area contributed by atoms with Gasteiger partial charge in [0.05, 0.1) is 0 Å². The molecule has 1 N–H and O–H groups in total. The van der Waals surface area contributed by atoms with Crippen LogP contribution in [0.2, 0.25) is 10.0 Å². The number of piperazine rings is 2. The van der Waals surface area contributed by atoms with Crippen LogP contribution in [-0.4, -0.2) is 189 Å². The molecule has 28 heteroatoms. The van der Waals surface area contributed by atoms with Gasteiger partial charge in [0.25, 0.3) is 12.2 Å². The Kier molecular flexibility index (Phi) is 21.0. The molecule has 2 atom stereocenters. The molecule has 0 spiro atoms. The molecule has 0 radical (unpaired) electrons. The summed E-state index contributed by atoms with van der Waals surface area (Å²) in [6.07, 6.45) is -26.6. The first kappa shape index (κ1) is 64.0. The van der Waals surface area contributed by atoms with E-state index in [1.807, 2.05) is 59.7 Å². The number of carbonyl (C=O) groups excluding carboxylic acids is 3. The van der Waals surface area contributed by atoms with Gasteiger partial charge in [0.2, 0.25) is 0 Å². The summed E-state index contributed by atoms with van der Waals surface area (Å²) in [5.41, 5.74) is 3.42. The number of nitrogens with zero attached hydrogens (tertiary/aromatic N) is 7. The van der Waals surface area contributed by atoms with E-state index in [0.29, 0.717) is 47.6 Å². The molecule has 2 unspecified atom stereocenters. The van der Waals surface area contributed by atoms with Crippen molar-refractivity contribution in [2.75, 3.05) is 101 Å². The van der Waals surface area contributed by atoms with Crippen LogP contribution in [0.3, 0.4) is 0 Å². The van der Waals surface area contributed by atoms with Crippen LogP contribution >= 0.6 is 23.2 Å². The predicted molar refractivity (Wildman–Crippen MR) is 278 cm³/mol. The Labute approximate surface area is 473 Å². The summed E-state index contributed by atoms with van der Waals surface area (Å²) >= 11 is 12.7. The minimum atomic E-state index is -5.76. The van der Waals surface area contributed by atoms with E-state index in [2.05, 4.69) is 24.6 Å². The number of benzene rings is 2. The molecule has 81 heavy (non-hydrogen) atoms. The minimum Gasteiger partial charge on any atom is -0.444 e. The van der Waals surface area contributed by atoms with Gasteiger partial charge in [-0.1, -0.05) is 35.3 Å². The lowest BCUT2D eigenvalue weighted by Crippen LogP contribution is -2.52. The molecule has 6 saturated heterocycles. The third-order valence-electron chi connectivity index (χ3n) is 15.7. The van der Waals surface area contributed by atoms with Gasteiger partial charge in [0, 0.05) is 132 Å². The summed E-state index contributed by atoms with van der Waals surface area (Å²) in [5, 5.41) is 4.78. The van der Waals surface area contributed by atoms with Crippen LogP contribution in [0.1, 0.15) is 83.3 Å². The number of likely N-dealkylation sites (tertiary alicyclic amines) is 1. The highest BCUT2D eigenvalue weighted by Crippen LogP contribution is 2.40. The van der Waals surface area contributed by atoms with Crippen LogP contribution < -0.4 is 15.1 Å². The molecule has 0 aliphatic carbocycles. The summed E-state index contributed by atoms with van der Waals surface area (Å²) in [6, 6.07) is 12.0. The first-order valence-electron chi connectivity index (χ1n) is 27.3. The second-order valence-corrected chi connectivity index (χ2v) is 23.4. The second kappa shape index (κ2) is 26.6. The Morgan fingerprint density at radius 1 is 0.531 bits per heavy atom. The Morgan fingerprint density at radius 3 is 1.31 bits per heavy atom. The summed E-state index contributed by atoms with van der Waals surface area (Å²) in [4.78, 5) is 49.2. The maximum atomic E-state index is 12.8. The number of amides is 3. The Hall–Kier alpha value is -4.53. The highest BCUT2D eigenvalue weighted by molar-refractivity contribution is 6.31. The lowest BCUT2D eigenvalue weighted by Gasteiger charge is -2.40. The van der Waals surface area contributed by atoms with Crippen LogP contribution in [0.5, 0.6) is 0 Å². The standard InChI is InChI=1S/C29H39ClF6N4O4.C24H31ClF6N4O2/c1-27(2,3)44-26(42)40-10-4-5-22(40)19-8-11-38(12-9-19)23-17-21(30)7-6-20(23)18-37-13-15-39(16-14-37)25(41)43-24(28(31,32)33)29(34,35)36;25-18-4-3-17(20(14-18)34-8-5-16(6-9-34)19-2-1-7-32-19)15-33-10-12-35(13-11-33)22(36)37-21(23(26,27)28)24(29,30)31/h6-7,17,19,22,24H,4-5,8-16,18H2,1-3H3;3-4,14,16,19,21,32H,1-2,5-13,15H2. The molecule has 3 amide bonds. The van der Waals surface area contributed by atoms with Crippen molar-refractivity contribution < 1.29 is 81.3 Å². The molecule has 6 aliphatic heterocycles. The van der Waals surface area contributed by atoms with Gasteiger partial charge < -0.3 is 44.0 Å². The Balaban J connectivity index is 0.000000237. The Morgan fingerprint density at radius 2 is 0.938 bits per heavy atom. The van der Waals surface area contributed by atoms with Gasteiger partial charge in [-0.05, 0) is 126 Å². The van der Waals surface area contributed by atoms with Crippen molar-refractivity contribution in [3.05, 3.63) is 57.6 Å². The minimum absolute atomic E-state index is 0.0377. The summed E-state index contributed by atoms with van der Waals surface area (Å²) in [5.74, 6) is 0.995. The lowest BCUT2D eigenvalue weighted by atomic mass is 9.87. The second-order valence-electron chi connectivity index (χ2n) is 22.5. The largest absolute Gasteiger partial charge is 0.444 e. The van der Waals surface area contributed by atoms with Crippen molar-refractivity contribution in [2.45, 2.75) is 140 Å². The third-order valence-corrected chi connectivity index (χ3v) is 16.1. The maximum Gasteiger partial charge on any atom is 0.434 e. The summed E-state index contributed by atoms with van der Waals surface area (Å²) < 4.78 is 167. The van der Waals surface area contributed by atoms with Crippen molar-refractivity contribution in [2.24, 2.45) is 11.8 Å². The number of ether oxygens (including phenoxy) is 3. The van der Waals surface area contributed by atoms with Gasteiger partial charge in [0.15, 0.2) is 0 Å². The fourth-order valence-corrected chi connectivity index (χ4v) is 11.9. The monoisotopic (exact) mass is 1210 g/mol. The fourth-order valence-electron chi connectivity index (χ4n) is 11.6. The molecule has 14 nitrogen and oxygen atoms in total. The van der Waals surface area contributed by atoms with Crippen LogP contribution in [-0.2, 0) is 27.3 Å². The van der Waals surface area contributed by atoms with E-state index in [1.165, 1.54) is 12.8 Å². The van der Waals surface area contributed by atoms with Crippen molar-refractivity contribution in [3.63, 3.8) is 0 Å². The number of hydrogen-bond acceptors (Lipinski definition) is 11. The Bertz CT molecular complexity index is 2390. The first-order valence-corrected chi connectivity index (χ1v) is 28.0. The van der Waals surface area contributed by atoms with Gasteiger partial charge >= 0.3 is 43.0 Å². The van der Waals surface area contributed by atoms with Gasteiger partial charge in [-0.3, -0.25) is 9.80 Å². The molecule has 6 fully saturated rings.